The minimum atomic E-state index is -0.352. The molecule has 1 saturated carbocycles. The molecule has 30 heavy (non-hydrogen) atoms. The molecule has 0 radical (unpaired) electrons. The molecule has 0 bridgehead atoms. The zero-order valence-electron chi connectivity index (χ0n) is 17.2. The van der Waals surface area contributed by atoms with E-state index >= 15 is 0 Å². The Hall–Kier alpha value is -1.76. The van der Waals surface area contributed by atoms with Crippen molar-refractivity contribution in [2.24, 2.45) is 17.6 Å². The largest absolute Gasteiger partial charge is 0.381 e. The van der Waals surface area contributed by atoms with Crippen molar-refractivity contribution in [3.63, 3.8) is 0 Å². The number of anilines is 1. The fourth-order valence-electron chi connectivity index (χ4n) is 4.39. The van der Waals surface area contributed by atoms with Crippen molar-refractivity contribution in [3.8, 4) is 11.3 Å². The Morgan fingerprint density at radius 2 is 1.87 bits per heavy atom. The third-order valence-electron chi connectivity index (χ3n) is 6.32. The molecule has 0 spiro atoms. The Kier molecular flexibility index (Phi) is 7.18. The van der Waals surface area contributed by atoms with Gasteiger partial charge in [0, 0.05) is 43.3 Å². The van der Waals surface area contributed by atoms with E-state index in [1.807, 2.05) is 6.07 Å². The van der Waals surface area contributed by atoms with Crippen LogP contribution in [0, 0.1) is 17.7 Å². The minimum absolute atomic E-state index is 0.273. The Labute approximate surface area is 182 Å². The van der Waals surface area contributed by atoms with Crippen LogP contribution in [0.3, 0.4) is 0 Å². The third-order valence-corrected chi connectivity index (χ3v) is 6.62. The van der Waals surface area contributed by atoms with Gasteiger partial charge in [-0.1, -0.05) is 11.6 Å². The van der Waals surface area contributed by atoms with Crippen molar-refractivity contribution in [3.05, 3.63) is 40.9 Å². The smallest absolute Gasteiger partial charge is 0.165 e. The fourth-order valence-corrected chi connectivity index (χ4v) is 4.59. The van der Waals surface area contributed by atoms with Gasteiger partial charge in [-0.15, -0.1) is 0 Å². The van der Waals surface area contributed by atoms with Gasteiger partial charge >= 0.3 is 0 Å². The predicted molar refractivity (Wildman–Crippen MR) is 118 cm³/mol. The zero-order chi connectivity index (χ0) is 20.9. The maximum Gasteiger partial charge on any atom is 0.165 e. The lowest BCUT2D eigenvalue weighted by Crippen LogP contribution is -2.27. The molecule has 2 aliphatic rings. The first-order valence-corrected chi connectivity index (χ1v) is 11.3. The molecule has 7 heteroatoms. The molecule has 0 atom stereocenters. The highest BCUT2D eigenvalue weighted by atomic mass is 35.5. The number of nitrogens with one attached hydrogen (secondary N) is 1. The molecule has 2 aromatic heterocycles. The normalized spacial score (nSPS) is 22.8. The summed E-state index contributed by atoms with van der Waals surface area (Å²) in [6.07, 6.45) is 8.99. The van der Waals surface area contributed by atoms with Gasteiger partial charge in [0.2, 0.25) is 0 Å². The molecule has 4 rings (SSSR count). The van der Waals surface area contributed by atoms with Gasteiger partial charge in [0.25, 0.3) is 0 Å². The quantitative estimate of drug-likeness (QED) is 0.683. The molecule has 0 amide bonds. The highest BCUT2D eigenvalue weighted by molar-refractivity contribution is 6.33. The molecule has 2 fully saturated rings. The van der Waals surface area contributed by atoms with Crippen LogP contribution < -0.4 is 11.1 Å². The maximum atomic E-state index is 14.4. The van der Waals surface area contributed by atoms with Crippen LogP contribution in [-0.2, 0) is 11.2 Å². The summed E-state index contributed by atoms with van der Waals surface area (Å²) in [5, 5.41) is 3.71. The van der Waals surface area contributed by atoms with Crippen LogP contribution in [0.15, 0.2) is 24.4 Å². The van der Waals surface area contributed by atoms with Crippen LogP contribution in [0.5, 0.6) is 0 Å². The number of nitrogens with two attached hydrogens (primary N) is 1. The van der Waals surface area contributed by atoms with E-state index in [0.717, 1.165) is 69.4 Å². The van der Waals surface area contributed by atoms with Gasteiger partial charge in [0.05, 0.1) is 10.7 Å². The summed E-state index contributed by atoms with van der Waals surface area (Å²) in [6.45, 7) is 2.23. The summed E-state index contributed by atoms with van der Waals surface area (Å²) >= 11 is 6.44. The van der Waals surface area contributed by atoms with E-state index in [1.54, 1.807) is 12.3 Å². The number of halogens is 2. The average Bonchev–Trinajstić information content (AvgIpc) is 2.77. The van der Waals surface area contributed by atoms with Crippen LogP contribution in [0.1, 0.15) is 44.2 Å². The van der Waals surface area contributed by atoms with Gasteiger partial charge in [-0.05, 0) is 75.0 Å². The van der Waals surface area contributed by atoms with Crippen molar-refractivity contribution in [1.82, 2.24) is 9.97 Å². The van der Waals surface area contributed by atoms with E-state index in [4.69, 9.17) is 22.1 Å². The first-order valence-electron chi connectivity index (χ1n) is 11.0. The second-order valence-corrected chi connectivity index (χ2v) is 9.01. The average molecular weight is 433 g/mol. The summed E-state index contributed by atoms with van der Waals surface area (Å²) < 4.78 is 19.7. The van der Waals surface area contributed by atoms with E-state index in [-0.39, 0.29) is 11.6 Å². The van der Waals surface area contributed by atoms with Crippen molar-refractivity contribution < 1.29 is 9.13 Å². The Balaban J connectivity index is 1.48. The topological polar surface area (TPSA) is 73.1 Å². The molecule has 1 aliphatic heterocycles. The number of pyridine rings is 2. The van der Waals surface area contributed by atoms with Crippen LogP contribution in [-0.4, -0.2) is 35.8 Å². The Morgan fingerprint density at radius 1 is 1.10 bits per heavy atom. The SMILES string of the molecule is NC1CCC(Cc2cc(-c3ccc(F)c(NCC4CCOCC4)n3)c(Cl)cn2)CC1. The predicted octanol–water partition coefficient (Wildman–Crippen LogP) is 4.83. The van der Waals surface area contributed by atoms with Gasteiger partial charge < -0.3 is 15.8 Å². The fraction of sp³-hybridized carbons (Fsp3) is 0.565. The molecule has 5 nitrogen and oxygen atoms in total. The highest BCUT2D eigenvalue weighted by Gasteiger charge is 2.20. The van der Waals surface area contributed by atoms with E-state index in [2.05, 4.69) is 15.3 Å². The van der Waals surface area contributed by atoms with E-state index in [1.165, 1.54) is 6.07 Å². The molecule has 1 saturated heterocycles. The molecule has 1 aliphatic carbocycles. The van der Waals surface area contributed by atoms with Gasteiger partial charge in [-0.25, -0.2) is 9.37 Å². The van der Waals surface area contributed by atoms with Gasteiger partial charge in [0.15, 0.2) is 11.6 Å². The highest BCUT2D eigenvalue weighted by Crippen LogP contribution is 2.31. The standard InChI is InChI=1S/C23H30ClFN4O/c24-20-14-27-18(11-15-1-3-17(26)4-2-15)12-19(20)22-6-5-21(25)23(29-22)28-13-16-7-9-30-10-8-16/h5-6,12,14-17H,1-4,7-11,13,26H2,(H,28,29). The monoisotopic (exact) mass is 432 g/mol. The van der Waals surface area contributed by atoms with Gasteiger partial charge in [-0.2, -0.15) is 0 Å². The van der Waals surface area contributed by atoms with Gasteiger partial charge in [0.1, 0.15) is 0 Å². The molecular weight excluding hydrogens is 403 g/mol. The lowest BCUT2D eigenvalue weighted by Gasteiger charge is -2.25. The molecule has 3 heterocycles. The third kappa shape index (κ3) is 5.48. The summed E-state index contributed by atoms with van der Waals surface area (Å²) in [7, 11) is 0. The van der Waals surface area contributed by atoms with Crippen molar-refractivity contribution in [2.45, 2.75) is 51.0 Å². The molecule has 0 unspecified atom stereocenters. The number of aromatic nitrogens is 2. The van der Waals surface area contributed by atoms with Crippen LogP contribution in [0.25, 0.3) is 11.3 Å². The van der Waals surface area contributed by atoms with Crippen LogP contribution >= 0.6 is 11.6 Å². The summed E-state index contributed by atoms with van der Waals surface area (Å²) in [6, 6.07) is 5.47. The number of ether oxygens (including phenoxy) is 1. The molecule has 162 valence electrons. The van der Waals surface area contributed by atoms with Crippen molar-refractivity contribution in [2.75, 3.05) is 25.1 Å². The van der Waals surface area contributed by atoms with E-state index in [9.17, 15) is 4.39 Å². The zero-order valence-corrected chi connectivity index (χ0v) is 18.0. The summed E-state index contributed by atoms with van der Waals surface area (Å²) in [5.74, 6) is 0.997. The first kappa shape index (κ1) is 21.5. The second kappa shape index (κ2) is 10.0. The van der Waals surface area contributed by atoms with Gasteiger partial charge in [-0.3, -0.25) is 4.98 Å². The van der Waals surface area contributed by atoms with Crippen molar-refractivity contribution in [1.29, 1.82) is 0 Å². The minimum Gasteiger partial charge on any atom is -0.381 e. The molecule has 0 aromatic carbocycles. The van der Waals surface area contributed by atoms with Crippen LogP contribution in [0.4, 0.5) is 10.2 Å². The van der Waals surface area contributed by atoms with E-state index in [0.29, 0.717) is 35.1 Å². The second-order valence-electron chi connectivity index (χ2n) is 8.60. The Morgan fingerprint density at radius 3 is 2.63 bits per heavy atom. The van der Waals surface area contributed by atoms with Crippen LogP contribution in [0.2, 0.25) is 5.02 Å². The molecule has 2 aromatic rings. The van der Waals surface area contributed by atoms with Crippen molar-refractivity contribution >= 4 is 17.4 Å². The summed E-state index contributed by atoms with van der Waals surface area (Å²) in [4.78, 5) is 9.06. The number of hydrogen-bond donors (Lipinski definition) is 2. The Bertz CT molecular complexity index is 851. The van der Waals surface area contributed by atoms with E-state index < -0.39 is 0 Å². The lowest BCUT2D eigenvalue weighted by atomic mass is 9.83. The lowest BCUT2D eigenvalue weighted by molar-refractivity contribution is 0.0699. The summed E-state index contributed by atoms with van der Waals surface area (Å²) in [5.41, 5.74) is 8.47. The first-order chi connectivity index (χ1) is 14.6. The molecule has 3 N–H and O–H groups in total. The number of hydrogen-bond acceptors (Lipinski definition) is 5. The number of nitrogens with zero attached hydrogens (tertiary/aromatic N) is 2. The maximum absolute atomic E-state index is 14.4. The number of rotatable bonds is 6. The molecular formula is C23H30ClFN4O.